The summed E-state index contributed by atoms with van der Waals surface area (Å²) in [7, 11) is 0. The molecule has 3 heteroatoms. The van der Waals surface area contributed by atoms with Crippen molar-refractivity contribution < 1.29 is 10.0 Å². The highest BCUT2D eigenvalue weighted by Crippen LogP contribution is 2.38. The lowest BCUT2D eigenvalue weighted by Gasteiger charge is -2.15. The first-order chi connectivity index (χ1) is 9.81. The molecule has 0 spiro atoms. The third kappa shape index (κ3) is 2.03. The van der Waals surface area contributed by atoms with Crippen molar-refractivity contribution in [1.82, 2.24) is 0 Å². The van der Waals surface area contributed by atoms with Crippen LogP contribution in [0.5, 0.6) is 0 Å². The lowest BCUT2D eigenvalue weighted by Crippen LogP contribution is -2.15. The van der Waals surface area contributed by atoms with Crippen molar-refractivity contribution in [3.05, 3.63) is 77.9 Å². The van der Waals surface area contributed by atoms with Gasteiger partial charge in [-0.1, -0.05) is 65.8 Å². The molecule has 0 saturated heterocycles. The van der Waals surface area contributed by atoms with E-state index in [1.165, 1.54) is 0 Å². The molecule has 1 atom stereocenters. The summed E-state index contributed by atoms with van der Waals surface area (Å²) in [5, 5.41) is 12.4. The largest absolute Gasteiger partial charge is 0.411 e. The van der Waals surface area contributed by atoms with E-state index in [4.69, 9.17) is 5.21 Å². The molecule has 0 bridgehead atoms. The molecule has 0 unspecified atom stereocenters. The quantitative estimate of drug-likeness (QED) is 0.667. The number of carbonyl (C=O) groups excluding carboxylic acids is 1. The monoisotopic (exact) mass is 263 g/mol. The highest BCUT2D eigenvalue weighted by Gasteiger charge is 2.34. The first kappa shape index (κ1) is 12.4. The van der Waals surface area contributed by atoms with Crippen LogP contribution in [0.1, 0.15) is 17.0 Å². The number of carbonyl (C=O) groups is 1. The Morgan fingerprint density at radius 1 is 0.900 bits per heavy atom. The van der Waals surface area contributed by atoms with Crippen molar-refractivity contribution in [2.45, 2.75) is 5.92 Å². The first-order valence-corrected chi connectivity index (χ1v) is 6.39. The van der Waals surface area contributed by atoms with E-state index in [0.717, 1.165) is 16.7 Å². The van der Waals surface area contributed by atoms with Crippen molar-refractivity contribution in [2.24, 2.45) is 5.16 Å². The molecule has 0 amide bonds. The molecule has 0 saturated carbocycles. The second-order valence-electron chi connectivity index (χ2n) is 4.66. The average molecular weight is 263 g/mol. The Hall–Kier alpha value is -2.68. The minimum atomic E-state index is -0.309. The van der Waals surface area contributed by atoms with Crippen LogP contribution in [-0.4, -0.2) is 16.7 Å². The molecule has 1 N–H and O–H groups in total. The molecule has 2 aromatic carbocycles. The third-order valence-electron chi connectivity index (χ3n) is 3.47. The Balaban J connectivity index is 2.13. The molecular weight excluding hydrogens is 250 g/mol. The van der Waals surface area contributed by atoms with Gasteiger partial charge >= 0.3 is 0 Å². The normalized spacial score (nSPS) is 20.2. The molecule has 0 heterocycles. The van der Waals surface area contributed by atoms with Crippen LogP contribution >= 0.6 is 0 Å². The zero-order valence-corrected chi connectivity index (χ0v) is 10.7. The lowest BCUT2D eigenvalue weighted by atomic mass is 9.87. The van der Waals surface area contributed by atoms with Crippen molar-refractivity contribution in [3.8, 4) is 0 Å². The smallest absolute Gasteiger partial charge is 0.204 e. The number of allylic oxidation sites excluding steroid dienone is 2. The molecule has 1 aliphatic rings. The summed E-state index contributed by atoms with van der Waals surface area (Å²) in [5.74, 6) is -0.545. The number of rotatable bonds is 2. The van der Waals surface area contributed by atoms with Gasteiger partial charge in [0.15, 0.2) is 0 Å². The first-order valence-electron chi connectivity index (χ1n) is 6.39. The van der Waals surface area contributed by atoms with E-state index in [0.29, 0.717) is 0 Å². The molecule has 98 valence electrons. The van der Waals surface area contributed by atoms with Crippen LogP contribution in [-0.2, 0) is 4.79 Å². The number of benzene rings is 2. The van der Waals surface area contributed by atoms with Crippen LogP contribution in [0.25, 0.3) is 5.57 Å². The van der Waals surface area contributed by atoms with Gasteiger partial charge in [-0.05, 0) is 22.8 Å². The molecule has 2 aromatic rings. The van der Waals surface area contributed by atoms with Crippen LogP contribution < -0.4 is 0 Å². The van der Waals surface area contributed by atoms with E-state index in [-0.39, 0.29) is 17.4 Å². The van der Waals surface area contributed by atoms with Gasteiger partial charge in [0.25, 0.3) is 0 Å². The third-order valence-corrected chi connectivity index (χ3v) is 3.47. The Labute approximate surface area is 116 Å². The van der Waals surface area contributed by atoms with Gasteiger partial charge in [-0.25, -0.2) is 0 Å². The van der Waals surface area contributed by atoms with E-state index in [1.54, 1.807) is 6.08 Å². The molecule has 20 heavy (non-hydrogen) atoms. The highest BCUT2D eigenvalue weighted by atomic mass is 16.4. The summed E-state index contributed by atoms with van der Waals surface area (Å²) in [4.78, 5) is 12.0. The summed E-state index contributed by atoms with van der Waals surface area (Å²) in [6.07, 6.45) is 1.56. The second kappa shape index (κ2) is 5.13. The van der Waals surface area contributed by atoms with Crippen LogP contribution in [0.2, 0.25) is 0 Å². The SMILES string of the molecule is O=C1C=C(c2ccccc2)[C@@H](c2ccccc2)/C1=N/O. The van der Waals surface area contributed by atoms with Gasteiger partial charge in [0.2, 0.25) is 5.78 Å². The average Bonchev–Trinajstić information content (AvgIpc) is 2.85. The van der Waals surface area contributed by atoms with Gasteiger partial charge in [0, 0.05) is 0 Å². The Bertz CT molecular complexity index is 687. The van der Waals surface area contributed by atoms with Crippen LogP contribution in [0.3, 0.4) is 0 Å². The summed E-state index contributed by atoms with van der Waals surface area (Å²) >= 11 is 0. The van der Waals surface area contributed by atoms with Gasteiger partial charge in [0.1, 0.15) is 5.71 Å². The molecule has 0 fully saturated rings. The topological polar surface area (TPSA) is 49.7 Å². The summed E-state index contributed by atoms with van der Waals surface area (Å²) in [6, 6.07) is 19.3. The number of ketones is 1. The van der Waals surface area contributed by atoms with Crippen molar-refractivity contribution in [3.63, 3.8) is 0 Å². The van der Waals surface area contributed by atoms with Crippen molar-refractivity contribution >= 4 is 17.1 Å². The maximum absolute atomic E-state index is 12.0. The number of oxime groups is 1. The molecule has 1 aliphatic carbocycles. The number of hydrogen-bond acceptors (Lipinski definition) is 3. The van der Waals surface area contributed by atoms with E-state index < -0.39 is 0 Å². The zero-order chi connectivity index (χ0) is 13.9. The predicted molar refractivity (Wildman–Crippen MR) is 77.8 cm³/mol. The fraction of sp³-hybridized carbons (Fsp3) is 0.0588. The summed E-state index contributed by atoms with van der Waals surface area (Å²) in [5.41, 5.74) is 2.96. The Morgan fingerprint density at radius 2 is 1.50 bits per heavy atom. The van der Waals surface area contributed by atoms with Crippen LogP contribution in [0, 0.1) is 0 Å². The van der Waals surface area contributed by atoms with E-state index in [2.05, 4.69) is 5.16 Å². The maximum Gasteiger partial charge on any atom is 0.204 e. The van der Waals surface area contributed by atoms with E-state index in [1.807, 2.05) is 60.7 Å². The molecule has 3 rings (SSSR count). The Morgan fingerprint density at radius 3 is 2.10 bits per heavy atom. The zero-order valence-electron chi connectivity index (χ0n) is 10.7. The van der Waals surface area contributed by atoms with Crippen LogP contribution in [0.15, 0.2) is 71.9 Å². The van der Waals surface area contributed by atoms with Gasteiger partial charge in [-0.15, -0.1) is 0 Å². The fourth-order valence-corrected chi connectivity index (χ4v) is 2.56. The summed E-state index contributed by atoms with van der Waals surface area (Å²) in [6.45, 7) is 0. The van der Waals surface area contributed by atoms with Gasteiger partial charge in [-0.3, -0.25) is 4.79 Å². The van der Waals surface area contributed by atoms with E-state index >= 15 is 0 Å². The standard InChI is InChI=1S/C17H13NO2/c19-15-11-14(12-7-3-1-4-8-12)16(17(15)18-20)13-9-5-2-6-10-13/h1-11,16,20H/b18-17+/t16-/m1/s1. The number of nitrogens with zero attached hydrogens (tertiary/aromatic N) is 1. The van der Waals surface area contributed by atoms with Gasteiger partial charge in [0.05, 0.1) is 5.92 Å². The van der Waals surface area contributed by atoms with Crippen LogP contribution in [0.4, 0.5) is 0 Å². The highest BCUT2D eigenvalue weighted by molar-refractivity contribution is 6.52. The fourth-order valence-electron chi connectivity index (χ4n) is 2.56. The molecule has 3 nitrogen and oxygen atoms in total. The Kier molecular flexibility index (Phi) is 3.17. The maximum atomic E-state index is 12.0. The van der Waals surface area contributed by atoms with Gasteiger partial charge in [-0.2, -0.15) is 0 Å². The van der Waals surface area contributed by atoms with Crippen molar-refractivity contribution in [2.75, 3.05) is 0 Å². The van der Waals surface area contributed by atoms with Gasteiger partial charge < -0.3 is 5.21 Å². The summed E-state index contributed by atoms with van der Waals surface area (Å²) < 4.78 is 0. The molecule has 0 aromatic heterocycles. The predicted octanol–water partition coefficient (Wildman–Crippen LogP) is 3.27. The van der Waals surface area contributed by atoms with E-state index in [9.17, 15) is 4.79 Å². The molecular formula is C17H13NO2. The number of hydrogen-bond donors (Lipinski definition) is 1. The minimum absolute atomic E-state index is 0.176. The minimum Gasteiger partial charge on any atom is -0.411 e. The second-order valence-corrected chi connectivity index (χ2v) is 4.66. The van der Waals surface area contributed by atoms with Crippen molar-refractivity contribution in [1.29, 1.82) is 0 Å². The lowest BCUT2D eigenvalue weighted by molar-refractivity contribution is -0.108. The molecule has 0 aliphatic heterocycles. The molecule has 0 radical (unpaired) electrons.